The maximum absolute atomic E-state index is 12.3. The van der Waals surface area contributed by atoms with Crippen LogP contribution in [0.5, 0.6) is 17.2 Å². The van der Waals surface area contributed by atoms with E-state index in [-0.39, 0.29) is 18.8 Å². The molecule has 2 aromatic carbocycles. The van der Waals surface area contributed by atoms with Gasteiger partial charge in [0.25, 0.3) is 0 Å². The molecule has 152 valence electrons. The van der Waals surface area contributed by atoms with Crippen molar-refractivity contribution < 1.29 is 23.8 Å². The summed E-state index contributed by atoms with van der Waals surface area (Å²) < 4.78 is 16.0. The van der Waals surface area contributed by atoms with Crippen LogP contribution in [0.1, 0.15) is 5.56 Å². The molecular formula is C21H23N3O5. The average Bonchev–Trinajstić information content (AvgIpc) is 3.21. The first-order valence-corrected chi connectivity index (χ1v) is 9.57. The van der Waals surface area contributed by atoms with Crippen LogP contribution in [-0.2, 0) is 11.3 Å². The van der Waals surface area contributed by atoms with Gasteiger partial charge in [-0.2, -0.15) is 0 Å². The smallest absolute Gasteiger partial charge is 0.415 e. The van der Waals surface area contributed by atoms with Gasteiger partial charge < -0.3 is 24.4 Å². The summed E-state index contributed by atoms with van der Waals surface area (Å²) in [6.07, 6.45) is -0.358. The van der Waals surface area contributed by atoms with E-state index in [2.05, 4.69) is 5.32 Å². The number of hydrogen-bond donors (Lipinski definition) is 1. The number of nitrogens with one attached hydrogen (secondary N) is 1. The van der Waals surface area contributed by atoms with Crippen LogP contribution in [0.3, 0.4) is 0 Å². The molecule has 4 rings (SSSR count). The molecule has 0 spiro atoms. The summed E-state index contributed by atoms with van der Waals surface area (Å²) in [5.74, 6) is 1.91. The summed E-state index contributed by atoms with van der Waals surface area (Å²) in [6, 6.07) is 14.6. The van der Waals surface area contributed by atoms with Gasteiger partial charge >= 0.3 is 6.09 Å². The van der Waals surface area contributed by atoms with E-state index in [0.29, 0.717) is 50.8 Å². The highest BCUT2D eigenvalue weighted by Crippen LogP contribution is 2.32. The van der Waals surface area contributed by atoms with Crippen LogP contribution in [0.2, 0.25) is 0 Å². The van der Waals surface area contributed by atoms with Gasteiger partial charge in [-0.3, -0.25) is 9.69 Å². The molecule has 8 heteroatoms. The van der Waals surface area contributed by atoms with Crippen molar-refractivity contribution in [3.8, 4) is 17.2 Å². The second kappa shape index (κ2) is 8.83. The Bertz CT molecular complexity index is 866. The molecule has 2 heterocycles. The minimum Gasteiger partial charge on any atom is -0.454 e. The van der Waals surface area contributed by atoms with Crippen molar-refractivity contribution in [3.05, 3.63) is 54.1 Å². The predicted molar refractivity (Wildman–Crippen MR) is 105 cm³/mol. The van der Waals surface area contributed by atoms with Crippen LogP contribution < -0.4 is 19.5 Å². The fourth-order valence-electron chi connectivity index (χ4n) is 3.25. The number of carbonyl (C=O) groups excluding carboxylic acids is 2. The average molecular weight is 397 g/mol. The third-order valence-corrected chi connectivity index (χ3v) is 4.87. The van der Waals surface area contributed by atoms with Crippen molar-refractivity contribution in [3.63, 3.8) is 0 Å². The van der Waals surface area contributed by atoms with Gasteiger partial charge in [0.2, 0.25) is 12.7 Å². The Kier molecular flexibility index (Phi) is 5.81. The van der Waals surface area contributed by atoms with Gasteiger partial charge in [-0.1, -0.05) is 24.3 Å². The van der Waals surface area contributed by atoms with Crippen LogP contribution >= 0.6 is 0 Å². The van der Waals surface area contributed by atoms with E-state index in [0.717, 1.165) is 11.3 Å². The molecule has 0 unspecified atom stereocenters. The van der Waals surface area contributed by atoms with Gasteiger partial charge in [0.15, 0.2) is 11.5 Å². The normalized spacial score (nSPS) is 15.8. The number of benzene rings is 2. The molecule has 0 saturated carbocycles. The molecule has 1 N–H and O–H groups in total. The van der Waals surface area contributed by atoms with E-state index in [9.17, 15) is 9.59 Å². The fourth-order valence-corrected chi connectivity index (χ4v) is 3.25. The number of para-hydroxylation sites is 1. The lowest BCUT2D eigenvalue weighted by Crippen LogP contribution is -2.51. The van der Waals surface area contributed by atoms with Gasteiger partial charge in [0, 0.05) is 32.7 Å². The van der Waals surface area contributed by atoms with Crippen molar-refractivity contribution >= 4 is 12.0 Å². The summed E-state index contributed by atoms with van der Waals surface area (Å²) >= 11 is 0. The number of carbonyl (C=O) groups is 2. The van der Waals surface area contributed by atoms with Crippen LogP contribution in [0.4, 0.5) is 4.79 Å². The zero-order valence-corrected chi connectivity index (χ0v) is 16.0. The number of nitrogens with zero attached hydrogens (tertiary/aromatic N) is 2. The standard InChI is InChI=1S/C21H23N3O5/c25-20(22-13-16-6-7-18-19(12-16)28-15-27-18)14-23-8-10-24(11-9-23)21(26)29-17-4-2-1-3-5-17/h1-7,12H,8-11,13-15H2,(H,22,25). The van der Waals surface area contributed by atoms with Crippen molar-refractivity contribution in [2.45, 2.75) is 6.54 Å². The van der Waals surface area contributed by atoms with E-state index in [4.69, 9.17) is 14.2 Å². The molecule has 0 radical (unpaired) electrons. The van der Waals surface area contributed by atoms with Crippen LogP contribution in [0, 0.1) is 0 Å². The van der Waals surface area contributed by atoms with Gasteiger partial charge in [0.1, 0.15) is 5.75 Å². The summed E-state index contributed by atoms with van der Waals surface area (Å²) in [5, 5.41) is 2.92. The second-order valence-electron chi connectivity index (χ2n) is 6.91. The van der Waals surface area contributed by atoms with Gasteiger partial charge in [-0.05, 0) is 29.8 Å². The summed E-state index contributed by atoms with van der Waals surface area (Å²) in [5.41, 5.74) is 0.955. The molecule has 29 heavy (non-hydrogen) atoms. The van der Waals surface area contributed by atoms with Crippen LogP contribution in [0.15, 0.2) is 48.5 Å². The minimum absolute atomic E-state index is 0.0528. The van der Waals surface area contributed by atoms with E-state index in [1.54, 1.807) is 17.0 Å². The van der Waals surface area contributed by atoms with Gasteiger partial charge in [-0.15, -0.1) is 0 Å². The Labute approximate surface area is 168 Å². The van der Waals surface area contributed by atoms with Crippen molar-refractivity contribution in [2.24, 2.45) is 0 Å². The molecule has 1 fully saturated rings. The number of rotatable bonds is 5. The fraction of sp³-hybridized carbons (Fsp3) is 0.333. The first-order chi connectivity index (χ1) is 14.2. The van der Waals surface area contributed by atoms with E-state index >= 15 is 0 Å². The molecule has 2 amide bonds. The Morgan fingerprint density at radius 2 is 1.72 bits per heavy atom. The Morgan fingerprint density at radius 1 is 0.966 bits per heavy atom. The molecule has 2 aliphatic heterocycles. The quantitative estimate of drug-likeness (QED) is 0.830. The Balaban J connectivity index is 1.18. The molecule has 0 atom stereocenters. The first kappa shape index (κ1) is 19.1. The predicted octanol–water partition coefficient (Wildman–Crippen LogP) is 1.85. The maximum atomic E-state index is 12.3. The number of hydrogen-bond acceptors (Lipinski definition) is 6. The van der Waals surface area contributed by atoms with Crippen molar-refractivity contribution in [1.29, 1.82) is 0 Å². The lowest BCUT2D eigenvalue weighted by molar-refractivity contribution is -0.122. The molecule has 2 aliphatic rings. The zero-order chi connectivity index (χ0) is 20.1. The molecule has 8 nitrogen and oxygen atoms in total. The first-order valence-electron chi connectivity index (χ1n) is 9.57. The molecular weight excluding hydrogens is 374 g/mol. The van der Waals surface area contributed by atoms with Crippen LogP contribution in [0.25, 0.3) is 0 Å². The Morgan fingerprint density at radius 3 is 2.52 bits per heavy atom. The van der Waals surface area contributed by atoms with Crippen molar-refractivity contribution in [2.75, 3.05) is 39.5 Å². The van der Waals surface area contributed by atoms with E-state index in [1.807, 2.05) is 41.3 Å². The largest absolute Gasteiger partial charge is 0.454 e. The molecule has 0 aromatic heterocycles. The SMILES string of the molecule is O=C(CN1CCN(C(=O)Oc2ccccc2)CC1)NCc1ccc2c(c1)OCO2. The molecule has 1 saturated heterocycles. The highest BCUT2D eigenvalue weighted by atomic mass is 16.7. The number of fused-ring (bicyclic) bond motifs is 1. The molecule has 0 bridgehead atoms. The summed E-state index contributed by atoms with van der Waals surface area (Å²) in [7, 11) is 0. The molecule has 0 aliphatic carbocycles. The van der Waals surface area contributed by atoms with Gasteiger partial charge in [0.05, 0.1) is 6.54 Å². The van der Waals surface area contributed by atoms with Crippen molar-refractivity contribution in [1.82, 2.24) is 15.1 Å². The highest BCUT2D eigenvalue weighted by molar-refractivity contribution is 5.78. The second-order valence-corrected chi connectivity index (χ2v) is 6.91. The lowest BCUT2D eigenvalue weighted by Gasteiger charge is -2.33. The van der Waals surface area contributed by atoms with Gasteiger partial charge in [-0.25, -0.2) is 4.79 Å². The number of ether oxygens (including phenoxy) is 3. The van der Waals surface area contributed by atoms with E-state index in [1.165, 1.54) is 0 Å². The summed E-state index contributed by atoms with van der Waals surface area (Å²) in [4.78, 5) is 28.2. The zero-order valence-electron chi connectivity index (χ0n) is 16.0. The van der Waals surface area contributed by atoms with Crippen LogP contribution in [-0.4, -0.2) is 61.3 Å². The third kappa shape index (κ3) is 4.97. The third-order valence-electron chi connectivity index (χ3n) is 4.87. The number of piperazine rings is 1. The molecule has 2 aromatic rings. The highest BCUT2D eigenvalue weighted by Gasteiger charge is 2.23. The Hall–Kier alpha value is -3.26. The number of amides is 2. The lowest BCUT2D eigenvalue weighted by atomic mass is 10.2. The monoisotopic (exact) mass is 397 g/mol. The minimum atomic E-state index is -0.358. The topological polar surface area (TPSA) is 80.3 Å². The maximum Gasteiger partial charge on any atom is 0.415 e. The summed E-state index contributed by atoms with van der Waals surface area (Å²) in [6.45, 7) is 3.27. The van der Waals surface area contributed by atoms with E-state index < -0.39 is 0 Å².